The molecule has 0 aliphatic heterocycles. The van der Waals surface area contributed by atoms with Crippen LogP contribution in [0.3, 0.4) is 0 Å². The second kappa shape index (κ2) is 8.97. The van der Waals surface area contributed by atoms with Crippen molar-refractivity contribution in [3.8, 4) is 17.0 Å². The van der Waals surface area contributed by atoms with Gasteiger partial charge in [-0.05, 0) is 69.0 Å². The molecule has 0 bridgehead atoms. The number of hydrogen-bond donors (Lipinski definition) is 1. The van der Waals surface area contributed by atoms with Crippen LogP contribution in [0.5, 0.6) is 5.75 Å². The predicted molar refractivity (Wildman–Crippen MR) is 115 cm³/mol. The number of aromatic nitrogens is 3. The standard InChI is InChI=1S/C22H26N4O3S/c1-2-29-18-7-9-19(10-8-18)30(27,28)24-15-16-26-21-6-4-3-5-20(21)22(25-26)17-11-13-23-14-12-17/h7-14,24H,2-6,15-16H2,1H3. The first-order valence-electron chi connectivity index (χ1n) is 10.3. The highest BCUT2D eigenvalue weighted by atomic mass is 32.2. The normalized spacial score (nSPS) is 13.8. The van der Waals surface area contributed by atoms with Gasteiger partial charge in [-0.1, -0.05) is 0 Å². The number of hydrogen-bond acceptors (Lipinski definition) is 5. The van der Waals surface area contributed by atoms with Crippen LogP contribution in [0.25, 0.3) is 11.3 Å². The number of ether oxygens (including phenoxy) is 1. The Hall–Kier alpha value is -2.71. The predicted octanol–water partition coefficient (Wildman–Crippen LogP) is 3.20. The Morgan fingerprint density at radius 1 is 1.07 bits per heavy atom. The lowest BCUT2D eigenvalue weighted by molar-refractivity contribution is 0.340. The van der Waals surface area contributed by atoms with Gasteiger partial charge in [-0.3, -0.25) is 9.67 Å². The van der Waals surface area contributed by atoms with Gasteiger partial charge in [0.25, 0.3) is 0 Å². The molecule has 1 aliphatic carbocycles. The van der Waals surface area contributed by atoms with E-state index in [2.05, 4.69) is 9.71 Å². The number of nitrogens with zero attached hydrogens (tertiary/aromatic N) is 3. The third-order valence-electron chi connectivity index (χ3n) is 5.27. The highest BCUT2D eigenvalue weighted by Gasteiger charge is 2.22. The van der Waals surface area contributed by atoms with Gasteiger partial charge < -0.3 is 4.74 Å². The SMILES string of the molecule is CCOc1ccc(S(=O)(=O)NCCn2nc(-c3ccncc3)c3c2CCCC3)cc1. The van der Waals surface area contributed by atoms with E-state index in [1.165, 1.54) is 11.3 Å². The summed E-state index contributed by atoms with van der Waals surface area (Å²) in [5.41, 5.74) is 4.54. The molecule has 7 nitrogen and oxygen atoms in total. The molecule has 3 aromatic rings. The van der Waals surface area contributed by atoms with Gasteiger partial charge in [0.15, 0.2) is 0 Å². The molecule has 0 unspecified atom stereocenters. The minimum Gasteiger partial charge on any atom is -0.494 e. The van der Waals surface area contributed by atoms with Crippen molar-refractivity contribution in [1.29, 1.82) is 0 Å². The van der Waals surface area contributed by atoms with E-state index in [0.29, 0.717) is 18.9 Å². The quantitative estimate of drug-likeness (QED) is 0.598. The molecule has 0 atom stereocenters. The van der Waals surface area contributed by atoms with E-state index in [0.717, 1.165) is 36.9 Å². The van der Waals surface area contributed by atoms with Crippen molar-refractivity contribution in [2.75, 3.05) is 13.2 Å². The van der Waals surface area contributed by atoms with Crippen molar-refractivity contribution in [3.05, 3.63) is 60.0 Å². The number of nitrogens with one attached hydrogen (secondary N) is 1. The first kappa shape index (κ1) is 20.6. The van der Waals surface area contributed by atoms with E-state index in [4.69, 9.17) is 9.84 Å². The smallest absolute Gasteiger partial charge is 0.240 e. The number of rotatable bonds is 8. The summed E-state index contributed by atoms with van der Waals surface area (Å²) in [4.78, 5) is 4.32. The van der Waals surface area contributed by atoms with E-state index in [9.17, 15) is 8.42 Å². The van der Waals surface area contributed by atoms with Crippen molar-refractivity contribution < 1.29 is 13.2 Å². The first-order chi connectivity index (χ1) is 14.6. The van der Waals surface area contributed by atoms with Crippen molar-refractivity contribution in [1.82, 2.24) is 19.5 Å². The fourth-order valence-corrected chi connectivity index (χ4v) is 4.87. The fourth-order valence-electron chi connectivity index (χ4n) is 3.85. The Bertz CT molecular complexity index is 1090. The zero-order chi connectivity index (χ0) is 21.0. The maximum Gasteiger partial charge on any atom is 0.240 e. The molecule has 0 amide bonds. The fraction of sp³-hybridized carbons (Fsp3) is 0.364. The molecule has 4 rings (SSSR count). The summed E-state index contributed by atoms with van der Waals surface area (Å²) in [6, 6.07) is 10.4. The number of benzene rings is 1. The van der Waals surface area contributed by atoms with Crippen LogP contribution in [0.15, 0.2) is 53.7 Å². The topological polar surface area (TPSA) is 86.1 Å². The average Bonchev–Trinajstić information content (AvgIpc) is 3.14. The van der Waals surface area contributed by atoms with Gasteiger partial charge >= 0.3 is 0 Å². The van der Waals surface area contributed by atoms with Crippen LogP contribution in [0.4, 0.5) is 0 Å². The van der Waals surface area contributed by atoms with Crippen LogP contribution in [0, 0.1) is 0 Å². The third-order valence-corrected chi connectivity index (χ3v) is 6.75. The average molecular weight is 427 g/mol. The summed E-state index contributed by atoms with van der Waals surface area (Å²) in [5.74, 6) is 0.656. The Labute approximate surface area is 177 Å². The second-order valence-electron chi connectivity index (χ2n) is 7.24. The van der Waals surface area contributed by atoms with Crippen molar-refractivity contribution in [2.24, 2.45) is 0 Å². The van der Waals surface area contributed by atoms with E-state index < -0.39 is 10.0 Å². The van der Waals surface area contributed by atoms with Crippen LogP contribution in [-0.4, -0.2) is 36.3 Å². The van der Waals surface area contributed by atoms with E-state index in [-0.39, 0.29) is 11.4 Å². The maximum atomic E-state index is 12.6. The van der Waals surface area contributed by atoms with Crippen LogP contribution in [-0.2, 0) is 29.4 Å². The van der Waals surface area contributed by atoms with Crippen molar-refractivity contribution in [2.45, 2.75) is 44.0 Å². The molecule has 1 aromatic carbocycles. The molecule has 0 spiro atoms. The van der Waals surface area contributed by atoms with Crippen LogP contribution >= 0.6 is 0 Å². The van der Waals surface area contributed by atoms with Gasteiger partial charge in [-0.2, -0.15) is 5.10 Å². The monoisotopic (exact) mass is 426 g/mol. The minimum atomic E-state index is -3.58. The largest absolute Gasteiger partial charge is 0.494 e. The van der Waals surface area contributed by atoms with Crippen molar-refractivity contribution in [3.63, 3.8) is 0 Å². The lowest BCUT2D eigenvalue weighted by Gasteiger charge is -2.14. The van der Waals surface area contributed by atoms with Gasteiger partial charge in [0.1, 0.15) is 5.75 Å². The molecular formula is C22H26N4O3S. The molecule has 0 saturated carbocycles. The number of pyridine rings is 1. The highest BCUT2D eigenvalue weighted by Crippen LogP contribution is 2.30. The molecular weight excluding hydrogens is 400 g/mol. The summed E-state index contributed by atoms with van der Waals surface area (Å²) in [5, 5.41) is 4.82. The summed E-state index contributed by atoms with van der Waals surface area (Å²) in [7, 11) is -3.58. The van der Waals surface area contributed by atoms with Gasteiger partial charge in [-0.15, -0.1) is 0 Å². The van der Waals surface area contributed by atoms with Crippen LogP contribution < -0.4 is 9.46 Å². The summed E-state index contributed by atoms with van der Waals surface area (Å²) in [6.07, 6.45) is 7.81. The lowest BCUT2D eigenvalue weighted by atomic mass is 9.94. The second-order valence-corrected chi connectivity index (χ2v) is 9.01. The molecule has 0 radical (unpaired) electrons. The summed E-state index contributed by atoms with van der Waals surface area (Å²) >= 11 is 0. The molecule has 0 saturated heterocycles. The van der Waals surface area contributed by atoms with Crippen molar-refractivity contribution >= 4 is 10.0 Å². The summed E-state index contributed by atoms with van der Waals surface area (Å²) in [6.45, 7) is 3.20. The molecule has 1 aliphatic rings. The molecule has 1 N–H and O–H groups in total. The van der Waals surface area contributed by atoms with Gasteiger partial charge in [0.2, 0.25) is 10.0 Å². The highest BCUT2D eigenvalue weighted by molar-refractivity contribution is 7.89. The number of fused-ring (bicyclic) bond motifs is 1. The van der Waals surface area contributed by atoms with E-state index >= 15 is 0 Å². The van der Waals surface area contributed by atoms with Crippen LogP contribution in [0.1, 0.15) is 31.0 Å². The maximum absolute atomic E-state index is 12.6. The zero-order valence-electron chi connectivity index (χ0n) is 17.0. The Kier molecular flexibility index (Phi) is 6.15. The molecule has 0 fully saturated rings. The summed E-state index contributed by atoms with van der Waals surface area (Å²) < 4.78 is 35.3. The molecule has 158 valence electrons. The zero-order valence-corrected chi connectivity index (χ0v) is 17.9. The van der Waals surface area contributed by atoms with Gasteiger partial charge in [0.05, 0.1) is 23.7 Å². The molecule has 30 heavy (non-hydrogen) atoms. The minimum absolute atomic E-state index is 0.228. The lowest BCUT2D eigenvalue weighted by Crippen LogP contribution is -2.28. The van der Waals surface area contributed by atoms with Gasteiger partial charge in [0, 0.05) is 35.8 Å². The third kappa shape index (κ3) is 4.39. The van der Waals surface area contributed by atoms with E-state index in [1.807, 2.05) is 23.7 Å². The first-order valence-corrected chi connectivity index (χ1v) is 11.8. The van der Waals surface area contributed by atoms with E-state index in [1.54, 1.807) is 36.7 Å². The molecule has 2 aromatic heterocycles. The Balaban J connectivity index is 1.48. The molecule has 2 heterocycles. The Morgan fingerprint density at radius 2 is 1.80 bits per heavy atom. The Morgan fingerprint density at radius 3 is 2.53 bits per heavy atom. The molecule has 8 heteroatoms. The number of sulfonamides is 1. The van der Waals surface area contributed by atoms with Gasteiger partial charge in [-0.25, -0.2) is 13.1 Å². The van der Waals surface area contributed by atoms with Crippen LogP contribution in [0.2, 0.25) is 0 Å².